The molecule has 0 spiro atoms. The fraction of sp³-hybridized carbons (Fsp3) is 0.364. The number of likely N-dealkylation sites (N-methyl/N-ethyl adjacent to an activating group) is 1. The summed E-state index contributed by atoms with van der Waals surface area (Å²) < 4.78 is 0. The van der Waals surface area contributed by atoms with Gasteiger partial charge in [-0.2, -0.15) is 0 Å². The summed E-state index contributed by atoms with van der Waals surface area (Å²) in [4.78, 5) is 14.4. The van der Waals surface area contributed by atoms with Gasteiger partial charge >= 0.3 is 0 Å². The molecule has 16 heavy (non-hydrogen) atoms. The third kappa shape index (κ3) is 2.87. The third-order valence-electron chi connectivity index (χ3n) is 2.45. The zero-order valence-electron chi connectivity index (χ0n) is 9.24. The number of hydrogen-bond acceptors (Lipinski definition) is 5. The molecular weight excluding hydrogens is 202 g/mol. The maximum Gasteiger partial charge on any atom is 0.0760 e. The van der Waals surface area contributed by atoms with Crippen LogP contribution in [0.15, 0.2) is 36.0 Å². The van der Waals surface area contributed by atoms with Crippen LogP contribution < -0.4 is 5.32 Å². The Balaban J connectivity index is 1.76. The van der Waals surface area contributed by atoms with Gasteiger partial charge in [0.05, 0.1) is 11.7 Å². The van der Waals surface area contributed by atoms with E-state index in [4.69, 9.17) is 0 Å². The van der Waals surface area contributed by atoms with Crippen molar-refractivity contribution in [3.05, 3.63) is 36.7 Å². The summed E-state index contributed by atoms with van der Waals surface area (Å²) in [6.07, 6.45) is 10.8. The van der Waals surface area contributed by atoms with E-state index >= 15 is 0 Å². The van der Waals surface area contributed by atoms with Crippen molar-refractivity contribution in [1.82, 2.24) is 20.2 Å². The lowest BCUT2D eigenvalue weighted by Gasteiger charge is -2.25. The third-order valence-corrected chi connectivity index (χ3v) is 2.45. The summed E-state index contributed by atoms with van der Waals surface area (Å²) in [6, 6.07) is 0.307. The minimum atomic E-state index is 0.307. The van der Waals surface area contributed by atoms with Gasteiger partial charge in [0.2, 0.25) is 0 Å². The molecule has 5 heteroatoms. The number of aliphatic imine (C=N–C) groups is 1. The lowest BCUT2D eigenvalue weighted by atomic mass is 10.2. The second kappa shape index (κ2) is 5.37. The lowest BCUT2D eigenvalue weighted by molar-refractivity contribution is 0.385. The molecule has 0 saturated heterocycles. The minimum absolute atomic E-state index is 0.307. The van der Waals surface area contributed by atoms with Crippen LogP contribution >= 0.6 is 0 Å². The van der Waals surface area contributed by atoms with Crippen LogP contribution in [0.1, 0.15) is 5.69 Å². The molecule has 2 heterocycles. The Bertz CT molecular complexity index is 373. The Kier molecular flexibility index (Phi) is 3.61. The summed E-state index contributed by atoms with van der Waals surface area (Å²) in [5.74, 6) is 0. The smallest absolute Gasteiger partial charge is 0.0760 e. The van der Waals surface area contributed by atoms with Crippen molar-refractivity contribution >= 4 is 6.21 Å². The van der Waals surface area contributed by atoms with E-state index < -0.39 is 0 Å². The van der Waals surface area contributed by atoms with Gasteiger partial charge < -0.3 is 10.2 Å². The maximum atomic E-state index is 4.19. The fourth-order valence-electron chi connectivity index (χ4n) is 1.47. The van der Waals surface area contributed by atoms with E-state index in [1.54, 1.807) is 24.8 Å². The average Bonchev–Trinajstić information content (AvgIpc) is 2.33. The van der Waals surface area contributed by atoms with Crippen molar-refractivity contribution in [2.24, 2.45) is 4.99 Å². The van der Waals surface area contributed by atoms with Crippen LogP contribution in [-0.4, -0.2) is 40.7 Å². The van der Waals surface area contributed by atoms with Gasteiger partial charge in [-0.1, -0.05) is 0 Å². The van der Waals surface area contributed by atoms with Gasteiger partial charge in [-0.15, -0.1) is 0 Å². The number of hydrogen-bond donors (Lipinski definition) is 1. The Hall–Kier alpha value is -1.75. The maximum absolute atomic E-state index is 4.19. The quantitative estimate of drug-likeness (QED) is 0.794. The first-order chi connectivity index (χ1) is 7.86. The molecule has 5 nitrogen and oxygen atoms in total. The van der Waals surface area contributed by atoms with Gasteiger partial charge in [0.1, 0.15) is 0 Å². The molecule has 84 valence electrons. The first kappa shape index (κ1) is 10.8. The summed E-state index contributed by atoms with van der Waals surface area (Å²) >= 11 is 0. The Morgan fingerprint density at radius 1 is 1.44 bits per heavy atom. The van der Waals surface area contributed by atoms with Crippen molar-refractivity contribution in [3.8, 4) is 0 Å². The standard InChI is InChI=1S/C11H15N5/c1-16-5-4-13-8-11(16)9-14-7-10-6-12-2-3-15-10/h2-6,8,11,14H,7,9H2,1H3. The SMILES string of the molecule is CN1C=CN=CC1CNCc1cnccn1. The molecule has 1 atom stereocenters. The highest BCUT2D eigenvalue weighted by Crippen LogP contribution is 2.00. The molecule has 2 rings (SSSR count). The highest BCUT2D eigenvalue weighted by Gasteiger charge is 2.10. The molecule has 1 aliphatic rings. The van der Waals surface area contributed by atoms with Crippen LogP contribution in [0.5, 0.6) is 0 Å². The van der Waals surface area contributed by atoms with Crippen LogP contribution in [0, 0.1) is 0 Å². The van der Waals surface area contributed by atoms with E-state index in [2.05, 4.69) is 25.2 Å². The first-order valence-electron chi connectivity index (χ1n) is 5.24. The van der Waals surface area contributed by atoms with E-state index in [0.717, 1.165) is 18.8 Å². The molecule has 0 aromatic carbocycles. The minimum Gasteiger partial charge on any atom is -0.370 e. The van der Waals surface area contributed by atoms with E-state index in [1.807, 2.05) is 19.5 Å². The van der Waals surface area contributed by atoms with Crippen LogP contribution in [0.4, 0.5) is 0 Å². The van der Waals surface area contributed by atoms with Crippen molar-refractivity contribution in [3.63, 3.8) is 0 Å². The largest absolute Gasteiger partial charge is 0.370 e. The van der Waals surface area contributed by atoms with Gasteiger partial charge in [-0.3, -0.25) is 15.0 Å². The predicted octanol–water partition coefficient (Wildman–Crippen LogP) is 0.422. The second-order valence-electron chi connectivity index (χ2n) is 3.66. The van der Waals surface area contributed by atoms with E-state index in [0.29, 0.717) is 6.04 Å². The Labute approximate surface area is 94.9 Å². The number of aromatic nitrogens is 2. The molecule has 1 unspecified atom stereocenters. The molecule has 0 fully saturated rings. The molecule has 0 amide bonds. The van der Waals surface area contributed by atoms with Gasteiger partial charge in [0.15, 0.2) is 0 Å². The number of nitrogens with one attached hydrogen (secondary N) is 1. The monoisotopic (exact) mass is 217 g/mol. The van der Waals surface area contributed by atoms with Crippen molar-refractivity contribution in [2.75, 3.05) is 13.6 Å². The molecule has 1 aromatic rings. The zero-order chi connectivity index (χ0) is 11.2. The Morgan fingerprint density at radius 2 is 2.38 bits per heavy atom. The van der Waals surface area contributed by atoms with Crippen molar-refractivity contribution in [1.29, 1.82) is 0 Å². The highest BCUT2D eigenvalue weighted by molar-refractivity contribution is 5.66. The fourth-order valence-corrected chi connectivity index (χ4v) is 1.47. The van der Waals surface area contributed by atoms with Crippen LogP contribution in [0.2, 0.25) is 0 Å². The molecule has 0 aliphatic carbocycles. The summed E-state index contributed by atoms with van der Waals surface area (Å²) in [5, 5.41) is 3.33. The van der Waals surface area contributed by atoms with Gasteiger partial charge in [-0.25, -0.2) is 0 Å². The molecule has 1 aromatic heterocycles. The van der Waals surface area contributed by atoms with Crippen molar-refractivity contribution < 1.29 is 0 Å². The number of nitrogens with zero attached hydrogens (tertiary/aromatic N) is 4. The molecule has 1 aliphatic heterocycles. The van der Waals surface area contributed by atoms with Crippen LogP contribution in [0.3, 0.4) is 0 Å². The first-order valence-corrected chi connectivity index (χ1v) is 5.24. The Morgan fingerprint density at radius 3 is 3.12 bits per heavy atom. The summed E-state index contributed by atoms with van der Waals surface area (Å²) in [7, 11) is 2.04. The molecule has 0 saturated carbocycles. The average molecular weight is 217 g/mol. The highest BCUT2D eigenvalue weighted by atomic mass is 15.2. The number of rotatable bonds is 4. The normalized spacial score (nSPS) is 19.1. The van der Waals surface area contributed by atoms with E-state index in [9.17, 15) is 0 Å². The van der Waals surface area contributed by atoms with Crippen LogP contribution in [0.25, 0.3) is 0 Å². The topological polar surface area (TPSA) is 53.4 Å². The summed E-state index contributed by atoms with van der Waals surface area (Å²) in [6.45, 7) is 1.58. The van der Waals surface area contributed by atoms with E-state index in [-0.39, 0.29) is 0 Å². The summed E-state index contributed by atoms with van der Waals surface area (Å²) in [5.41, 5.74) is 0.952. The van der Waals surface area contributed by atoms with Gasteiger partial charge in [0.25, 0.3) is 0 Å². The van der Waals surface area contributed by atoms with E-state index in [1.165, 1.54) is 0 Å². The molecule has 0 bridgehead atoms. The van der Waals surface area contributed by atoms with Crippen LogP contribution in [-0.2, 0) is 6.54 Å². The second-order valence-corrected chi connectivity index (χ2v) is 3.66. The predicted molar refractivity (Wildman–Crippen MR) is 62.9 cm³/mol. The molecule has 1 N–H and O–H groups in total. The molecular formula is C11H15N5. The lowest BCUT2D eigenvalue weighted by Crippen LogP contribution is -2.39. The molecule has 0 radical (unpaired) electrons. The van der Waals surface area contributed by atoms with Crippen molar-refractivity contribution in [2.45, 2.75) is 12.6 Å². The van der Waals surface area contributed by atoms with Gasteiger partial charge in [0, 0.05) is 57.3 Å². The zero-order valence-corrected chi connectivity index (χ0v) is 9.24. The van der Waals surface area contributed by atoms with Gasteiger partial charge in [-0.05, 0) is 0 Å².